The van der Waals surface area contributed by atoms with Crippen LogP contribution in [0.15, 0.2) is 0 Å². The van der Waals surface area contributed by atoms with Gasteiger partial charge >= 0.3 is 0 Å². The summed E-state index contributed by atoms with van der Waals surface area (Å²) in [5.74, 6) is 2.99. The Labute approximate surface area is 102 Å². The van der Waals surface area contributed by atoms with Gasteiger partial charge < -0.3 is 15.7 Å². The summed E-state index contributed by atoms with van der Waals surface area (Å²) in [7, 11) is 0. The number of thioether (sulfide) groups is 1. The maximum absolute atomic E-state index is 9.61. The van der Waals surface area contributed by atoms with Gasteiger partial charge in [0.05, 0.1) is 6.10 Å². The molecule has 2 saturated heterocycles. The first-order valence-corrected chi connectivity index (χ1v) is 6.71. The Balaban J connectivity index is 0.00000112. The number of hydrogen-bond donors (Lipinski definition) is 3. The fourth-order valence-electron chi connectivity index (χ4n) is 2.15. The highest BCUT2D eigenvalue weighted by Crippen LogP contribution is 2.17. The van der Waals surface area contributed by atoms with Crippen LogP contribution in [0.2, 0.25) is 0 Å². The highest BCUT2D eigenvalue weighted by Gasteiger charge is 2.25. The van der Waals surface area contributed by atoms with E-state index in [1.807, 2.05) is 11.8 Å². The minimum atomic E-state index is -0.140. The molecule has 5 heteroatoms. The van der Waals surface area contributed by atoms with Gasteiger partial charge in [0.15, 0.2) is 0 Å². The Kier molecular flexibility index (Phi) is 6.31. The van der Waals surface area contributed by atoms with E-state index >= 15 is 0 Å². The quantitative estimate of drug-likeness (QED) is 0.684. The zero-order chi connectivity index (χ0) is 9.80. The molecule has 3 atom stereocenters. The summed E-state index contributed by atoms with van der Waals surface area (Å²) in [5.41, 5.74) is 0. The monoisotopic (exact) mass is 252 g/mol. The van der Waals surface area contributed by atoms with Crippen LogP contribution in [0.5, 0.6) is 0 Å². The second kappa shape index (κ2) is 6.97. The molecule has 2 aliphatic rings. The van der Waals surface area contributed by atoms with E-state index in [2.05, 4.69) is 10.6 Å². The van der Waals surface area contributed by atoms with Gasteiger partial charge in [-0.25, -0.2) is 0 Å². The SMILES string of the molecule is Cl.OC1CNCC1CNC1CCCSC1. The summed E-state index contributed by atoms with van der Waals surface area (Å²) < 4.78 is 0. The van der Waals surface area contributed by atoms with Crippen molar-refractivity contribution in [2.75, 3.05) is 31.1 Å². The molecule has 2 aliphatic heterocycles. The molecule has 3 nitrogen and oxygen atoms in total. The number of β-amino-alcohol motifs (C(OH)–C–C–N with tert-alkyl or cyclic N) is 1. The molecule has 2 heterocycles. The molecule has 0 radical (unpaired) electrons. The van der Waals surface area contributed by atoms with Crippen molar-refractivity contribution in [1.29, 1.82) is 0 Å². The second-order valence-electron chi connectivity index (χ2n) is 4.31. The van der Waals surface area contributed by atoms with Gasteiger partial charge in [0.1, 0.15) is 0 Å². The van der Waals surface area contributed by atoms with Crippen LogP contribution in [-0.4, -0.2) is 48.4 Å². The zero-order valence-electron chi connectivity index (χ0n) is 8.95. The van der Waals surface area contributed by atoms with Crippen molar-refractivity contribution in [2.45, 2.75) is 25.0 Å². The summed E-state index contributed by atoms with van der Waals surface area (Å²) in [6.45, 7) is 2.71. The van der Waals surface area contributed by atoms with Crippen LogP contribution in [-0.2, 0) is 0 Å². The Bertz CT molecular complexity index is 179. The van der Waals surface area contributed by atoms with Crippen LogP contribution in [0, 0.1) is 5.92 Å². The van der Waals surface area contributed by atoms with Gasteiger partial charge in [0.2, 0.25) is 0 Å². The van der Waals surface area contributed by atoms with E-state index < -0.39 is 0 Å². The molecule has 0 aliphatic carbocycles. The molecule has 3 unspecified atom stereocenters. The molecule has 3 N–H and O–H groups in total. The summed E-state index contributed by atoms with van der Waals surface area (Å²) in [6, 6.07) is 0.682. The predicted molar refractivity (Wildman–Crippen MR) is 68.0 cm³/mol. The Hall–Kier alpha value is 0.520. The van der Waals surface area contributed by atoms with Crippen molar-refractivity contribution in [3.63, 3.8) is 0 Å². The van der Waals surface area contributed by atoms with Crippen LogP contribution in [0.3, 0.4) is 0 Å². The van der Waals surface area contributed by atoms with Crippen molar-refractivity contribution in [1.82, 2.24) is 10.6 Å². The zero-order valence-corrected chi connectivity index (χ0v) is 10.6. The average Bonchev–Trinajstić information content (AvgIpc) is 2.63. The normalized spacial score (nSPS) is 36.2. The van der Waals surface area contributed by atoms with Crippen LogP contribution < -0.4 is 10.6 Å². The fourth-order valence-corrected chi connectivity index (χ4v) is 3.25. The number of aliphatic hydroxyl groups is 1. The number of aliphatic hydroxyl groups excluding tert-OH is 1. The maximum Gasteiger partial charge on any atom is 0.0716 e. The first-order valence-electron chi connectivity index (χ1n) is 5.56. The van der Waals surface area contributed by atoms with Crippen molar-refractivity contribution in [3.8, 4) is 0 Å². The van der Waals surface area contributed by atoms with Gasteiger partial charge in [-0.05, 0) is 18.6 Å². The molecule has 0 bridgehead atoms. The number of halogens is 1. The minimum absolute atomic E-state index is 0. The molecule has 90 valence electrons. The van der Waals surface area contributed by atoms with Crippen LogP contribution in [0.1, 0.15) is 12.8 Å². The van der Waals surface area contributed by atoms with Gasteiger partial charge in [0.25, 0.3) is 0 Å². The molecule has 0 aromatic carbocycles. The van der Waals surface area contributed by atoms with Crippen molar-refractivity contribution in [2.24, 2.45) is 5.92 Å². The van der Waals surface area contributed by atoms with Gasteiger partial charge in [-0.15, -0.1) is 12.4 Å². The summed E-state index contributed by atoms with van der Waals surface area (Å²) >= 11 is 2.05. The van der Waals surface area contributed by atoms with Crippen molar-refractivity contribution >= 4 is 24.2 Å². The highest BCUT2D eigenvalue weighted by molar-refractivity contribution is 7.99. The summed E-state index contributed by atoms with van der Waals surface area (Å²) in [5, 5.41) is 16.4. The third-order valence-corrected chi connectivity index (χ3v) is 4.35. The first kappa shape index (κ1) is 13.6. The van der Waals surface area contributed by atoms with E-state index in [-0.39, 0.29) is 18.5 Å². The maximum atomic E-state index is 9.61. The van der Waals surface area contributed by atoms with E-state index in [0.29, 0.717) is 12.0 Å². The topological polar surface area (TPSA) is 44.3 Å². The number of nitrogens with one attached hydrogen (secondary N) is 2. The third-order valence-electron chi connectivity index (χ3n) is 3.13. The number of hydrogen-bond acceptors (Lipinski definition) is 4. The van der Waals surface area contributed by atoms with Gasteiger partial charge in [-0.2, -0.15) is 11.8 Å². The highest BCUT2D eigenvalue weighted by atomic mass is 35.5. The Morgan fingerprint density at radius 2 is 2.27 bits per heavy atom. The predicted octanol–water partition coefficient (Wildman–Crippen LogP) is 0.474. The molecular weight excluding hydrogens is 232 g/mol. The smallest absolute Gasteiger partial charge is 0.0716 e. The van der Waals surface area contributed by atoms with E-state index in [0.717, 1.165) is 19.6 Å². The van der Waals surface area contributed by atoms with E-state index in [9.17, 15) is 5.11 Å². The van der Waals surface area contributed by atoms with Crippen molar-refractivity contribution < 1.29 is 5.11 Å². The van der Waals surface area contributed by atoms with E-state index in [4.69, 9.17) is 0 Å². The standard InChI is InChI=1S/C10H20N2OS.ClH/c13-10-6-11-4-8(10)5-12-9-2-1-3-14-7-9;/h8-13H,1-7H2;1H. The fraction of sp³-hybridized carbons (Fsp3) is 1.00. The molecule has 0 amide bonds. The summed E-state index contributed by atoms with van der Waals surface area (Å²) in [6.07, 6.45) is 2.51. The van der Waals surface area contributed by atoms with E-state index in [1.165, 1.54) is 24.3 Å². The third kappa shape index (κ3) is 4.11. The lowest BCUT2D eigenvalue weighted by atomic mass is 10.1. The Morgan fingerprint density at radius 3 is 2.87 bits per heavy atom. The van der Waals surface area contributed by atoms with Gasteiger partial charge in [0, 0.05) is 37.3 Å². The molecule has 0 aromatic rings. The summed E-state index contributed by atoms with van der Waals surface area (Å²) in [4.78, 5) is 0. The van der Waals surface area contributed by atoms with Crippen LogP contribution >= 0.6 is 24.2 Å². The molecular formula is C10H21ClN2OS. The van der Waals surface area contributed by atoms with Gasteiger partial charge in [-0.3, -0.25) is 0 Å². The first-order chi connectivity index (χ1) is 6.86. The molecule has 2 rings (SSSR count). The molecule has 0 spiro atoms. The van der Waals surface area contributed by atoms with Crippen LogP contribution in [0.4, 0.5) is 0 Å². The lowest BCUT2D eigenvalue weighted by molar-refractivity contribution is 0.144. The lowest BCUT2D eigenvalue weighted by Gasteiger charge is -2.24. The van der Waals surface area contributed by atoms with E-state index in [1.54, 1.807) is 0 Å². The molecule has 0 saturated carbocycles. The molecule has 15 heavy (non-hydrogen) atoms. The molecule has 2 fully saturated rings. The van der Waals surface area contributed by atoms with Crippen LogP contribution in [0.25, 0.3) is 0 Å². The lowest BCUT2D eigenvalue weighted by Crippen LogP contribution is -2.39. The largest absolute Gasteiger partial charge is 0.391 e. The minimum Gasteiger partial charge on any atom is -0.391 e. The second-order valence-corrected chi connectivity index (χ2v) is 5.46. The van der Waals surface area contributed by atoms with Gasteiger partial charge in [-0.1, -0.05) is 0 Å². The number of rotatable bonds is 3. The van der Waals surface area contributed by atoms with Crippen molar-refractivity contribution in [3.05, 3.63) is 0 Å². The molecule has 0 aromatic heterocycles. The Morgan fingerprint density at radius 1 is 1.40 bits per heavy atom. The average molecular weight is 253 g/mol.